The van der Waals surface area contributed by atoms with E-state index >= 15 is 0 Å². The van der Waals surface area contributed by atoms with Gasteiger partial charge in [0, 0.05) is 18.7 Å². The van der Waals surface area contributed by atoms with Gasteiger partial charge in [0.1, 0.15) is 16.4 Å². The highest BCUT2D eigenvalue weighted by Crippen LogP contribution is 2.33. The number of nitrogen functional groups attached to an aromatic ring is 1. The summed E-state index contributed by atoms with van der Waals surface area (Å²) < 4.78 is 43.1. The van der Waals surface area contributed by atoms with Crippen molar-refractivity contribution >= 4 is 15.7 Å². The third-order valence-corrected chi connectivity index (χ3v) is 4.83. The summed E-state index contributed by atoms with van der Waals surface area (Å²) in [4.78, 5) is -0.00567. The van der Waals surface area contributed by atoms with E-state index in [1.807, 2.05) is 0 Å². The fourth-order valence-corrected chi connectivity index (χ4v) is 3.66. The maximum atomic E-state index is 12.5. The van der Waals surface area contributed by atoms with E-state index in [-0.39, 0.29) is 22.4 Å². The van der Waals surface area contributed by atoms with Crippen molar-refractivity contribution < 1.29 is 22.6 Å². The van der Waals surface area contributed by atoms with E-state index in [0.29, 0.717) is 19.0 Å². The number of ether oxygens (including phenoxy) is 3. The van der Waals surface area contributed by atoms with Crippen molar-refractivity contribution in [1.29, 1.82) is 0 Å². The van der Waals surface area contributed by atoms with Crippen molar-refractivity contribution in [1.82, 2.24) is 4.72 Å². The van der Waals surface area contributed by atoms with E-state index in [2.05, 4.69) is 4.72 Å². The Morgan fingerprint density at radius 3 is 2.57 bits per heavy atom. The van der Waals surface area contributed by atoms with Crippen LogP contribution in [0.4, 0.5) is 5.69 Å². The van der Waals surface area contributed by atoms with Gasteiger partial charge in [0.15, 0.2) is 0 Å². The van der Waals surface area contributed by atoms with Gasteiger partial charge in [-0.15, -0.1) is 0 Å². The lowest BCUT2D eigenvalue weighted by Crippen LogP contribution is -2.40. The zero-order valence-corrected chi connectivity index (χ0v) is 12.9. The van der Waals surface area contributed by atoms with Gasteiger partial charge >= 0.3 is 0 Å². The average Bonchev–Trinajstić information content (AvgIpc) is 2.47. The van der Waals surface area contributed by atoms with Gasteiger partial charge in [0.05, 0.1) is 26.5 Å². The molecule has 3 N–H and O–H groups in total. The first kappa shape index (κ1) is 15.9. The van der Waals surface area contributed by atoms with Crippen LogP contribution in [0.1, 0.15) is 12.8 Å². The number of anilines is 1. The van der Waals surface area contributed by atoms with Gasteiger partial charge < -0.3 is 19.9 Å². The topological polar surface area (TPSA) is 99.9 Å². The molecule has 1 aliphatic rings. The van der Waals surface area contributed by atoms with E-state index in [1.165, 1.54) is 26.4 Å². The lowest BCUT2D eigenvalue weighted by Gasteiger charge is -2.23. The minimum atomic E-state index is -3.74. The van der Waals surface area contributed by atoms with Crippen LogP contribution in [0.5, 0.6) is 11.5 Å². The van der Waals surface area contributed by atoms with Gasteiger partial charge in [0.25, 0.3) is 0 Å². The van der Waals surface area contributed by atoms with Crippen LogP contribution in [0.15, 0.2) is 17.0 Å². The average molecular weight is 316 g/mol. The Morgan fingerprint density at radius 2 is 2.00 bits per heavy atom. The lowest BCUT2D eigenvalue weighted by molar-refractivity contribution is 0.0774. The van der Waals surface area contributed by atoms with Gasteiger partial charge in [0.2, 0.25) is 10.0 Å². The molecule has 0 saturated carbocycles. The molecular formula is C13H20N2O5S. The zero-order valence-electron chi connectivity index (χ0n) is 12.1. The number of benzene rings is 1. The van der Waals surface area contributed by atoms with Crippen LogP contribution in [0.25, 0.3) is 0 Å². The Kier molecular flexibility index (Phi) is 4.92. The largest absolute Gasteiger partial charge is 0.495 e. The number of nitrogens with one attached hydrogen (secondary N) is 1. The number of hydrogen-bond acceptors (Lipinski definition) is 6. The predicted octanol–water partition coefficient (Wildman–Crippen LogP) is 0.743. The summed E-state index contributed by atoms with van der Waals surface area (Å²) >= 11 is 0. The minimum Gasteiger partial charge on any atom is -0.495 e. The molecule has 1 heterocycles. The van der Waals surface area contributed by atoms with Crippen molar-refractivity contribution in [2.24, 2.45) is 0 Å². The maximum absolute atomic E-state index is 12.5. The molecule has 0 radical (unpaired) electrons. The summed E-state index contributed by atoms with van der Waals surface area (Å²) in [5, 5.41) is 0. The Labute approximate surface area is 124 Å². The molecule has 21 heavy (non-hydrogen) atoms. The molecule has 1 unspecified atom stereocenters. The van der Waals surface area contributed by atoms with Gasteiger partial charge in [-0.2, -0.15) is 0 Å². The third kappa shape index (κ3) is 3.58. The van der Waals surface area contributed by atoms with Crippen molar-refractivity contribution in [3.05, 3.63) is 12.1 Å². The van der Waals surface area contributed by atoms with Crippen LogP contribution in [0.3, 0.4) is 0 Å². The molecule has 118 valence electrons. The second-order valence-corrected chi connectivity index (χ2v) is 6.46. The molecule has 7 nitrogen and oxygen atoms in total. The van der Waals surface area contributed by atoms with E-state index in [9.17, 15) is 8.42 Å². The van der Waals surface area contributed by atoms with Crippen molar-refractivity contribution in [2.45, 2.75) is 23.8 Å². The SMILES string of the molecule is COc1cc(OC)c(S(=O)(=O)NC2CCCOC2)cc1N. The van der Waals surface area contributed by atoms with Crippen LogP contribution < -0.4 is 19.9 Å². The highest BCUT2D eigenvalue weighted by atomic mass is 32.2. The molecule has 0 aromatic heterocycles. The number of nitrogens with two attached hydrogens (primary N) is 1. The fourth-order valence-electron chi connectivity index (χ4n) is 2.22. The molecule has 0 spiro atoms. The fraction of sp³-hybridized carbons (Fsp3) is 0.538. The molecule has 1 saturated heterocycles. The summed E-state index contributed by atoms with van der Waals surface area (Å²) in [6.45, 7) is 1.03. The lowest BCUT2D eigenvalue weighted by atomic mass is 10.1. The number of methoxy groups -OCH3 is 2. The normalized spacial score (nSPS) is 19.2. The molecule has 1 fully saturated rings. The quantitative estimate of drug-likeness (QED) is 0.777. The molecule has 1 aliphatic heterocycles. The Hall–Kier alpha value is -1.51. The first-order valence-corrected chi connectivity index (χ1v) is 8.08. The molecule has 2 rings (SSSR count). The first-order valence-electron chi connectivity index (χ1n) is 6.59. The monoisotopic (exact) mass is 316 g/mol. The van der Waals surface area contributed by atoms with Crippen molar-refractivity contribution in [2.75, 3.05) is 33.2 Å². The number of hydrogen-bond donors (Lipinski definition) is 2. The Balaban J connectivity index is 2.32. The van der Waals surface area contributed by atoms with Crippen LogP contribution in [-0.2, 0) is 14.8 Å². The molecule has 8 heteroatoms. The van der Waals surface area contributed by atoms with Crippen LogP contribution in [-0.4, -0.2) is 41.9 Å². The summed E-state index contributed by atoms with van der Waals surface area (Å²) in [5.41, 5.74) is 6.02. The molecule has 1 atom stereocenters. The maximum Gasteiger partial charge on any atom is 0.244 e. The van der Waals surface area contributed by atoms with Crippen molar-refractivity contribution in [3.63, 3.8) is 0 Å². The highest BCUT2D eigenvalue weighted by Gasteiger charge is 2.26. The van der Waals surface area contributed by atoms with E-state index in [1.54, 1.807) is 0 Å². The van der Waals surface area contributed by atoms with Gasteiger partial charge in [-0.05, 0) is 18.9 Å². The van der Waals surface area contributed by atoms with Crippen LogP contribution >= 0.6 is 0 Å². The highest BCUT2D eigenvalue weighted by molar-refractivity contribution is 7.89. The molecule has 0 amide bonds. The predicted molar refractivity (Wildman–Crippen MR) is 78.1 cm³/mol. The van der Waals surface area contributed by atoms with Crippen LogP contribution in [0.2, 0.25) is 0 Å². The second-order valence-electron chi connectivity index (χ2n) is 4.78. The Bertz CT molecular complexity index is 597. The summed E-state index contributed by atoms with van der Waals surface area (Å²) in [6, 6.07) is 2.56. The third-order valence-electron chi connectivity index (χ3n) is 3.29. The van der Waals surface area contributed by atoms with Gasteiger partial charge in [-0.3, -0.25) is 0 Å². The second kappa shape index (κ2) is 6.50. The molecular weight excluding hydrogens is 296 g/mol. The first-order chi connectivity index (χ1) is 9.97. The summed E-state index contributed by atoms with van der Waals surface area (Å²) in [7, 11) is -0.889. The standard InChI is InChI=1S/C13H20N2O5S/c1-18-11-7-12(19-2)13(6-10(11)14)21(16,17)15-9-4-3-5-20-8-9/h6-7,9,15H,3-5,8,14H2,1-2H3. The van der Waals surface area contributed by atoms with Gasteiger partial charge in [-0.1, -0.05) is 0 Å². The molecule has 1 aromatic carbocycles. The smallest absolute Gasteiger partial charge is 0.244 e. The van der Waals surface area contributed by atoms with E-state index in [4.69, 9.17) is 19.9 Å². The Morgan fingerprint density at radius 1 is 1.29 bits per heavy atom. The zero-order chi connectivity index (χ0) is 15.5. The summed E-state index contributed by atoms with van der Waals surface area (Å²) in [6.07, 6.45) is 1.57. The molecule has 1 aromatic rings. The van der Waals surface area contributed by atoms with Crippen LogP contribution in [0, 0.1) is 0 Å². The van der Waals surface area contributed by atoms with E-state index in [0.717, 1.165) is 12.8 Å². The minimum absolute atomic E-state index is 0.00567. The molecule has 0 aliphatic carbocycles. The number of rotatable bonds is 5. The van der Waals surface area contributed by atoms with Crippen molar-refractivity contribution in [3.8, 4) is 11.5 Å². The summed E-state index contributed by atoms with van der Waals surface area (Å²) in [5.74, 6) is 0.553. The van der Waals surface area contributed by atoms with Gasteiger partial charge in [-0.25, -0.2) is 13.1 Å². The number of sulfonamides is 1. The van der Waals surface area contributed by atoms with E-state index < -0.39 is 10.0 Å². The molecule has 0 bridgehead atoms.